The van der Waals surface area contributed by atoms with Gasteiger partial charge in [-0.05, 0) is 92.9 Å². The number of aromatic nitrogens is 2. The number of halogens is 2. The molecule has 2 fully saturated rings. The van der Waals surface area contributed by atoms with Gasteiger partial charge in [-0.15, -0.1) is 0 Å². The Labute approximate surface area is 211 Å². The van der Waals surface area contributed by atoms with Crippen LogP contribution >= 0.6 is 0 Å². The number of anilines is 2. The quantitative estimate of drug-likeness (QED) is 0.466. The Morgan fingerprint density at radius 3 is 2.28 bits per heavy atom. The van der Waals surface area contributed by atoms with E-state index in [1.165, 1.54) is 24.3 Å². The molecule has 3 aromatic rings. The molecule has 0 saturated carbocycles. The first-order valence-corrected chi connectivity index (χ1v) is 12.8. The molecule has 6 nitrogen and oxygen atoms in total. The number of hydrogen-bond donors (Lipinski definition) is 3. The molecule has 2 aliphatic heterocycles. The van der Waals surface area contributed by atoms with Crippen molar-refractivity contribution in [1.29, 1.82) is 0 Å². The van der Waals surface area contributed by atoms with E-state index in [4.69, 9.17) is 16.5 Å². The second kappa shape index (κ2) is 10.5. The van der Waals surface area contributed by atoms with Crippen molar-refractivity contribution in [2.24, 2.45) is 11.7 Å². The van der Waals surface area contributed by atoms with Crippen LogP contribution in [0.2, 0.25) is 0 Å². The molecule has 8 heteroatoms. The number of nitrogens with zero attached hydrogens (tertiary/aromatic N) is 3. The third-order valence-electron chi connectivity index (χ3n) is 7.78. The number of hydrogen-bond acceptors (Lipinski definition) is 6. The van der Waals surface area contributed by atoms with Crippen LogP contribution in [0.5, 0.6) is 0 Å². The summed E-state index contributed by atoms with van der Waals surface area (Å²) in [7, 11) is 0. The van der Waals surface area contributed by atoms with Gasteiger partial charge in [0.15, 0.2) is 0 Å². The molecule has 190 valence electrons. The Hall–Kier alpha value is -3.10. The SMILES string of the molecule is Nc1nc(N2CCCCC2C(N)(CC2CCNCC2)c2ccc(F)cc2)ncc1-c1ccc(F)cc1. The number of nitrogen functional groups attached to an aromatic ring is 1. The van der Waals surface area contributed by atoms with Gasteiger partial charge >= 0.3 is 0 Å². The smallest absolute Gasteiger partial charge is 0.227 e. The average molecular weight is 493 g/mol. The molecule has 2 aromatic carbocycles. The topological polar surface area (TPSA) is 93.1 Å². The summed E-state index contributed by atoms with van der Waals surface area (Å²) >= 11 is 0. The Bertz CT molecular complexity index is 1160. The first kappa shape index (κ1) is 24.6. The average Bonchev–Trinajstić information content (AvgIpc) is 2.90. The molecule has 3 heterocycles. The van der Waals surface area contributed by atoms with Gasteiger partial charge in [0.25, 0.3) is 0 Å². The van der Waals surface area contributed by atoms with Crippen LogP contribution in [0.4, 0.5) is 20.5 Å². The summed E-state index contributed by atoms with van der Waals surface area (Å²) in [5.74, 6) is 0.803. The fraction of sp³-hybridized carbons (Fsp3) is 0.429. The summed E-state index contributed by atoms with van der Waals surface area (Å²) in [6.45, 7) is 2.75. The van der Waals surface area contributed by atoms with Crippen molar-refractivity contribution in [2.75, 3.05) is 30.3 Å². The largest absolute Gasteiger partial charge is 0.383 e. The number of nitrogens with one attached hydrogen (secondary N) is 1. The van der Waals surface area contributed by atoms with Crippen LogP contribution in [0, 0.1) is 17.6 Å². The number of benzene rings is 2. The summed E-state index contributed by atoms with van der Waals surface area (Å²) in [5.41, 5.74) is 15.4. The zero-order valence-electron chi connectivity index (χ0n) is 20.5. The molecule has 0 spiro atoms. The first-order chi connectivity index (χ1) is 17.4. The third kappa shape index (κ3) is 5.06. The van der Waals surface area contributed by atoms with Crippen molar-refractivity contribution in [3.8, 4) is 11.1 Å². The van der Waals surface area contributed by atoms with Gasteiger partial charge in [-0.2, -0.15) is 4.98 Å². The van der Waals surface area contributed by atoms with E-state index in [2.05, 4.69) is 15.2 Å². The predicted molar refractivity (Wildman–Crippen MR) is 139 cm³/mol. The minimum Gasteiger partial charge on any atom is -0.383 e. The summed E-state index contributed by atoms with van der Waals surface area (Å²) in [5, 5.41) is 3.43. The van der Waals surface area contributed by atoms with Crippen molar-refractivity contribution < 1.29 is 8.78 Å². The molecular formula is C28H34F2N6. The lowest BCUT2D eigenvalue weighted by atomic mass is 9.72. The van der Waals surface area contributed by atoms with Crippen LogP contribution in [0.15, 0.2) is 54.7 Å². The summed E-state index contributed by atoms with van der Waals surface area (Å²) in [4.78, 5) is 11.6. The molecular weight excluding hydrogens is 458 g/mol. The predicted octanol–water partition coefficient (Wildman–Crippen LogP) is 4.61. The van der Waals surface area contributed by atoms with Crippen LogP contribution < -0.4 is 21.7 Å². The Kier molecular flexibility index (Phi) is 7.16. The molecule has 5 rings (SSSR count). The summed E-state index contributed by atoms with van der Waals surface area (Å²) in [6.07, 6.45) is 7.61. The summed E-state index contributed by atoms with van der Waals surface area (Å²) in [6, 6.07) is 12.7. The Balaban J connectivity index is 1.50. The van der Waals surface area contributed by atoms with E-state index in [0.29, 0.717) is 23.2 Å². The third-order valence-corrected chi connectivity index (χ3v) is 7.78. The van der Waals surface area contributed by atoms with Crippen molar-refractivity contribution >= 4 is 11.8 Å². The standard InChI is InChI=1S/C28H34F2N6/c29-22-8-4-20(5-9-22)24-18-34-27(35-26(24)31)36-16-2-1-3-25(36)28(32,17-19-12-14-33-15-13-19)21-6-10-23(30)11-7-21/h4-11,18-19,25,33H,1-3,12-17,32H2,(H2,31,34,35). The molecule has 2 unspecified atom stereocenters. The van der Waals surface area contributed by atoms with E-state index in [9.17, 15) is 8.78 Å². The Morgan fingerprint density at radius 1 is 0.944 bits per heavy atom. The van der Waals surface area contributed by atoms with Crippen molar-refractivity contribution in [2.45, 2.75) is 50.1 Å². The molecule has 1 aromatic heterocycles. The van der Waals surface area contributed by atoms with E-state index in [0.717, 1.165) is 69.3 Å². The van der Waals surface area contributed by atoms with E-state index >= 15 is 0 Å². The highest BCUT2D eigenvalue weighted by atomic mass is 19.1. The van der Waals surface area contributed by atoms with Crippen LogP contribution in [-0.4, -0.2) is 35.6 Å². The number of rotatable bonds is 6. The normalized spacial score (nSPS) is 20.8. The van der Waals surface area contributed by atoms with E-state index in [1.807, 2.05) is 12.1 Å². The second-order valence-corrected chi connectivity index (χ2v) is 10.1. The number of piperidine rings is 2. The highest BCUT2D eigenvalue weighted by Gasteiger charge is 2.44. The highest BCUT2D eigenvalue weighted by Crippen LogP contribution is 2.40. The monoisotopic (exact) mass is 492 g/mol. The molecule has 0 amide bonds. The van der Waals surface area contributed by atoms with Gasteiger partial charge < -0.3 is 21.7 Å². The van der Waals surface area contributed by atoms with Crippen molar-refractivity contribution in [3.63, 3.8) is 0 Å². The van der Waals surface area contributed by atoms with Crippen LogP contribution in [0.1, 0.15) is 44.1 Å². The molecule has 0 aliphatic carbocycles. The maximum absolute atomic E-state index is 13.8. The van der Waals surface area contributed by atoms with E-state index < -0.39 is 5.54 Å². The molecule has 2 atom stereocenters. The minimum absolute atomic E-state index is 0.0531. The minimum atomic E-state index is -0.691. The lowest BCUT2D eigenvalue weighted by molar-refractivity contribution is 0.208. The lowest BCUT2D eigenvalue weighted by Crippen LogP contribution is -2.59. The van der Waals surface area contributed by atoms with Crippen molar-refractivity contribution in [1.82, 2.24) is 15.3 Å². The van der Waals surface area contributed by atoms with Crippen LogP contribution in [0.3, 0.4) is 0 Å². The molecule has 0 radical (unpaired) electrons. The fourth-order valence-corrected chi connectivity index (χ4v) is 5.85. The zero-order chi connectivity index (χ0) is 25.1. The highest BCUT2D eigenvalue weighted by molar-refractivity contribution is 5.73. The first-order valence-electron chi connectivity index (χ1n) is 12.8. The second-order valence-electron chi connectivity index (χ2n) is 10.1. The van der Waals surface area contributed by atoms with Gasteiger partial charge in [0.1, 0.15) is 17.5 Å². The zero-order valence-corrected chi connectivity index (χ0v) is 20.5. The summed E-state index contributed by atoms with van der Waals surface area (Å²) < 4.78 is 27.2. The lowest BCUT2D eigenvalue weighted by Gasteiger charge is -2.48. The van der Waals surface area contributed by atoms with Gasteiger partial charge in [0.05, 0.1) is 11.6 Å². The van der Waals surface area contributed by atoms with Gasteiger partial charge in [-0.25, -0.2) is 13.8 Å². The van der Waals surface area contributed by atoms with Gasteiger partial charge in [-0.3, -0.25) is 0 Å². The van der Waals surface area contributed by atoms with Gasteiger partial charge in [-0.1, -0.05) is 24.3 Å². The van der Waals surface area contributed by atoms with Gasteiger partial charge in [0, 0.05) is 18.3 Å². The maximum Gasteiger partial charge on any atom is 0.227 e. The molecule has 2 aliphatic rings. The fourth-order valence-electron chi connectivity index (χ4n) is 5.85. The Morgan fingerprint density at radius 2 is 1.61 bits per heavy atom. The number of nitrogens with two attached hydrogens (primary N) is 2. The molecule has 0 bridgehead atoms. The molecule has 2 saturated heterocycles. The van der Waals surface area contributed by atoms with Gasteiger partial charge in [0.2, 0.25) is 5.95 Å². The van der Waals surface area contributed by atoms with Crippen LogP contribution in [0.25, 0.3) is 11.1 Å². The molecule has 36 heavy (non-hydrogen) atoms. The molecule has 5 N–H and O–H groups in total. The maximum atomic E-state index is 13.8. The van der Waals surface area contributed by atoms with E-state index in [1.54, 1.807) is 18.3 Å². The van der Waals surface area contributed by atoms with Crippen LogP contribution in [-0.2, 0) is 5.54 Å². The van der Waals surface area contributed by atoms with Crippen molar-refractivity contribution in [3.05, 3.63) is 71.9 Å². The van der Waals surface area contributed by atoms with E-state index in [-0.39, 0.29) is 17.7 Å².